The summed E-state index contributed by atoms with van der Waals surface area (Å²) in [5.74, 6) is 0. The molecule has 0 unspecified atom stereocenters. The topological polar surface area (TPSA) is 78.5 Å². The van der Waals surface area contributed by atoms with Gasteiger partial charge in [-0.25, -0.2) is 14.6 Å². The zero-order valence-electron chi connectivity index (χ0n) is 16.8. The Morgan fingerprint density at radius 2 is 1.84 bits per heavy atom. The van der Waals surface area contributed by atoms with Gasteiger partial charge in [-0.1, -0.05) is 36.4 Å². The van der Waals surface area contributed by atoms with Crippen molar-refractivity contribution in [2.75, 3.05) is 0 Å². The maximum absolute atomic E-state index is 13.5. The first-order valence-corrected chi connectivity index (χ1v) is 11.7. The molecule has 0 bridgehead atoms. The molecule has 5 aromatic heterocycles. The lowest BCUT2D eigenvalue weighted by Crippen LogP contribution is -2.24. The lowest BCUT2D eigenvalue weighted by Gasteiger charge is -2.06. The van der Waals surface area contributed by atoms with Gasteiger partial charge >= 0.3 is 0 Å². The van der Waals surface area contributed by atoms with Crippen LogP contribution >= 0.6 is 22.7 Å². The number of thiazole rings is 2. The Bertz CT molecular complexity index is 1580. The molecule has 0 atom stereocenters. The maximum atomic E-state index is 13.5. The second-order valence-electron chi connectivity index (χ2n) is 7.26. The molecule has 156 valence electrons. The van der Waals surface area contributed by atoms with Gasteiger partial charge in [0.25, 0.3) is 5.56 Å². The van der Waals surface area contributed by atoms with E-state index in [1.165, 1.54) is 16.0 Å². The lowest BCUT2D eigenvalue weighted by atomic mass is 10.2. The van der Waals surface area contributed by atoms with Crippen LogP contribution in [0.2, 0.25) is 0 Å². The molecule has 9 heteroatoms. The van der Waals surface area contributed by atoms with E-state index < -0.39 is 0 Å². The summed E-state index contributed by atoms with van der Waals surface area (Å²) in [6, 6.07) is 15.7. The van der Waals surface area contributed by atoms with Gasteiger partial charge in [0.1, 0.15) is 10.5 Å². The SMILES string of the molecule is O=c1c2c(cnn1Cc1ccccc1)c1sc(Cc3ccccn3)nc1n2-c1nccs1. The number of fused-ring (bicyclic) bond motifs is 3. The van der Waals surface area contributed by atoms with Crippen LogP contribution in [0.15, 0.2) is 77.3 Å². The molecule has 0 aliphatic carbocycles. The molecule has 0 spiro atoms. The fraction of sp³-hybridized carbons (Fsp3) is 0.0870. The van der Waals surface area contributed by atoms with Crippen molar-refractivity contribution in [3.63, 3.8) is 0 Å². The number of aromatic nitrogens is 6. The van der Waals surface area contributed by atoms with E-state index in [0.717, 1.165) is 32.0 Å². The Kier molecular flexibility index (Phi) is 4.62. The summed E-state index contributed by atoms with van der Waals surface area (Å²) in [5, 5.41) is 8.84. The van der Waals surface area contributed by atoms with E-state index >= 15 is 0 Å². The van der Waals surface area contributed by atoms with E-state index in [-0.39, 0.29) is 5.56 Å². The van der Waals surface area contributed by atoms with Crippen molar-refractivity contribution in [3.05, 3.63) is 99.1 Å². The minimum atomic E-state index is -0.155. The molecule has 0 saturated carbocycles. The zero-order chi connectivity index (χ0) is 21.5. The standard InChI is InChI=1S/C23H16N6OS2/c30-22-19-17(13-26-28(22)14-15-6-2-1-3-7-15)20-21(29(19)23-25-10-11-31-23)27-18(32-20)12-16-8-4-5-9-24-16/h1-11,13H,12,14H2. The molecule has 5 heterocycles. The van der Waals surface area contributed by atoms with Gasteiger partial charge in [0.05, 0.1) is 17.4 Å². The third-order valence-electron chi connectivity index (χ3n) is 5.20. The monoisotopic (exact) mass is 456 g/mol. The highest BCUT2D eigenvalue weighted by molar-refractivity contribution is 7.19. The van der Waals surface area contributed by atoms with E-state index in [1.807, 2.05) is 58.5 Å². The maximum Gasteiger partial charge on any atom is 0.292 e. The van der Waals surface area contributed by atoms with Crippen LogP contribution in [-0.2, 0) is 13.0 Å². The van der Waals surface area contributed by atoms with Crippen molar-refractivity contribution in [2.24, 2.45) is 0 Å². The van der Waals surface area contributed by atoms with E-state index in [9.17, 15) is 4.79 Å². The van der Waals surface area contributed by atoms with Gasteiger partial charge < -0.3 is 0 Å². The highest BCUT2D eigenvalue weighted by Crippen LogP contribution is 2.34. The van der Waals surface area contributed by atoms with Crippen molar-refractivity contribution in [1.29, 1.82) is 0 Å². The van der Waals surface area contributed by atoms with Crippen molar-refractivity contribution < 1.29 is 0 Å². The average Bonchev–Trinajstić information content (AvgIpc) is 3.54. The van der Waals surface area contributed by atoms with Crippen molar-refractivity contribution >= 4 is 43.9 Å². The molecular weight excluding hydrogens is 440 g/mol. The molecule has 0 aliphatic rings. The molecule has 7 nitrogen and oxygen atoms in total. The Balaban J connectivity index is 1.54. The largest absolute Gasteiger partial charge is 0.292 e. The van der Waals surface area contributed by atoms with Crippen molar-refractivity contribution in [2.45, 2.75) is 13.0 Å². The molecule has 0 saturated heterocycles. The predicted molar refractivity (Wildman–Crippen MR) is 127 cm³/mol. The van der Waals surface area contributed by atoms with E-state index in [1.54, 1.807) is 29.9 Å². The summed E-state index contributed by atoms with van der Waals surface area (Å²) in [4.78, 5) is 27.3. The fourth-order valence-corrected chi connectivity index (χ4v) is 5.49. The second kappa shape index (κ2) is 7.77. The first-order chi connectivity index (χ1) is 15.8. The average molecular weight is 457 g/mol. The van der Waals surface area contributed by atoms with Crippen LogP contribution in [0.3, 0.4) is 0 Å². The van der Waals surface area contributed by atoms with Gasteiger partial charge in [0.2, 0.25) is 0 Å². The van der Waals surface area contributed by atoms with Crippen LogP contribution < -0.4 is 5.56 Å². The van der Waals surface area contributed by atoms with E-state index in [4.69, 9.17) is 4.98 Å². The molecule has 6 aromatic rings. The number of benzene rings is 1. The van der Waals surface area contributed by atoms with Gasteiger partial charge in [-0.15, -0.1) is 22.7 Å². The summed E-state index contributed by atoms with van der Waals surface area (Å²) < 4.78 is 4.32. The summed E-state index contributed by atoms with van der Waals surface area (Å²) in [6.07, 6.45) is 5.93. The van der Waals surface area contributed by atoms with Gasteiger partial charge in [-0.3, -0.25) is 14.3 Å². The number of pyridine rings is 1. The molecular formula is C23H16N6OS2. The van der Waals surface area contributed by atoms with Gasteiger partial charge in [0, 0.05) is 35.3 Å². The number of nitrogens with zero attached hydrogens (tertiary/aromatic N) is 6. The number of rotatable bonds is 5. The van der Waals surface area contributed by atoms with Crippen LogP contribution in [0.4, 0.5) is 0 Å². The molecule has 0 fully saturated rings. The molecule has 0 radical (unpaired) electrons. The van der Waals surface area contributed by atoms with Gasteiger partial charge in [0.15, 0.2) is 10.8 Å². The van der Waals surface area contributed by atoms with Crippen LogP contribution in [0.25, 0.3) is 26.4 Å². The van der Waals surface area contributed by atoms with E-state index in [2.05, 4.69) is 15.1 Å². The molecule has 0 amide bonds. The molecule has 6 rings (SSSR count). The zero-order valence-corrected chi connectivity index (χ0v) is 18.4. The van der Waals surface area contributed by atoms with Crippen LogP contribution in [0.1, 0.15) is 16.3 Å². The molecule has 1 aromatic carbocycles. The molecule has 0 aliphatic heterocycles. The van der Waals surface area contributed by atoms with Crippen LogP contribution in [0.5, 0.6) is 0 Å². The smallest absolute Gasteiger partial charge is 0.265 e. The van der Waals surface area contributed by atoms with E-state index in [0.29, 0.717) is 23.6 Å². The molecule has 32 heavy (non-hydrogen) atoms. The van der Waals surface area contributed by atoms with Crippen LogP contribution in [0, 0.1) is 0 Å². The van der Waals surface area contributed by atoms with Crippen molar-refractivity contribution in [3.8, 4) is 5.13 Å². The molecule has 0 N–H and O–H groups in total. The van der Waals surface area contributed by atoms with Crippen molar-refractivity contribution in [1.82, 2.24) is 29.3 Å². The Hall–Kier alpha value is -3.69. The summed E-state index contributed by atoms with van der Waals surface area (Å²) in [5.41, 5.74) is 3.12. The normalized spacial score (nSPS) is 11.5. The van der Waals surface area contributed by atoms with Gasteiger partial charge in [-0.05, 0) is 17.7 Å². The Morgan fingerprint density at radius 1 is 0.969 bits per heavy atom. The first-order valence-electron chi connectivity index (χ1n) is 10.0. The minimum absolute atomic E-state index is 0.155. The van der Waals surface area contributed by atoms with Crippen LogP contribution in [-0.4, -0.2) is 29.3 Å². The Morgan fingerprint density at radius 3 is 2.62 bits per heavy atom. The third-order valence-corrected chi connectivity index (χ3v) is 7.03. The first kappa shape index (κ1) is 19.0. The second-order valence-corrected chi connectivity index (χ2v) is 9.22. The third kappa shape index (κ3) is 3.22. The number of hydrogen-bond acceptors (Lipinski definition) is 7. The highest BCUT2D eigenvalue weighted by atomic mass is 32.1. The predicted octanol–water partition coefficient (Wildman–Crippen LogP) is 4.29. The summed E-state index contributed by atoms with van der Waals surface area (Å²) in [6.45, 7) is 0.407. The van der Waals surface area contributed by atoms with Gasteiger partial charge in [-0.2, -0.15) is 5.10 Å². The highest BCUT2D eigenvalue weighted by Gasteiger charge is 2.22. The lowest BCUT2D eigenvalue weighted by molar-refractivity contribution is 0.645. The Labute approximate surface area is 190 Å². The summed E-state index contributed by atoms with van der Waals surface area (Å²) >= 11 is 3.05. The minimum Gasteiger partial charge on any atom is -0.265 e. The fourth-order valence-electron chi connectivity index (χ4n) is 3.76. The number of hydrogen-bond donors (Lipinski definition) is 0. The quantitative estimate of drug-likeness (QED) is 0.387. The summed E-state index contributed by atoms with van der Waals surface area (Å²) in [7, 11) is 0.